The molecule has 6 nitrogen and oxygen atoms in total. The van der Waals surface area contributed by atoms with E-state index in [1.807, 2.05) is 13.8 Å². The number of H-pyrrole nitrogens is 1. The SMILES string of the molecule is CC(CCCNc1cc(=O)[nH]c(C(C)C)n1)C(=O)O. The molecule has 1 atom stereocenters. The molecule has 19 heavy (non-hydrogen) atoms. The second kappa shape index (κ2) is 6.92. The first-order valence-electron chi connectivity index (χ1n) is 6.48. The summed E-state index contributed by atoms with van der Waals surface area (Å²) < 4.78 is 0. The van der Waals surface area contributed by atoms with Gasteiger partial charge in [-0.2, -0.15) is 0 Å². The minimum atomic E-state index is -0.781. The van der Waals surface area contributed by atoms with Crippen LogP contribution >= 0.6 is 0 Å². The number of hydrogen-bond donors (Lipinski definition) is 3. The standard InChI is InChI=1S/C13H21N3O3/c1-8(2)12-15-10(7-11(17)16-12)14-6-4-5-9(3)13(18)19/h7-9H,4-6H2,1-3H3,(H,18,19)(H2,14,15,16,17). The van der Waals surface area contributed by atoms with E-state index in [9.17, 15) is 9.59 Å². The number of carboxylic acid groups (broad SMARTS) is 1. The molecule has 1 rings (SSSR count). The maximum Gasteiger partial charge on any atom is 0.306 e. The van der Waals surface area contributed by atoms with E-state index in [2.05, 4.69) is 15.3 Å². The Bertz CT molecular complexity index is 482. The van der Waals surface area contributed by atoms with Gasteiger partial charge in [0, 0.05) is 18.5 Å². The summed E-state index contributed by atoms with van der Waals surface area (Å²) in [4.78, 5) is 29.1. The van der Waals surface area contributed by atoms with Crippen LogP contribution in [-0.2, 0) is 4.79 Å². The molecule has 0 amide bonds. The fraction of sp³-hybridized carbons (Fsp3) is 0.615. The van der Waals surface area contributed by atoms with Crippen molar-refractivity contribution < 1.29 is 9.90 Å². The monoisotopic (exact) mass is 267 g/mol. The lowest BCUT2D eigenvalue weighted by Gasteiger charge is -2.10. The fourth-order valence-electron chi connectivity index (χ4n) is 1.59. The van der Waals surface area contributed by atoms with E-state index in [4.69, 9.17) is 5.11 Å². The van der Waals surface area contributed by atoms with Crippen LogP contribution in [0.1, 0.15) is 45.4 Å². The topological polar surface area (TPSA) is 95.1 Å². The number of anilines is 1. The Morgan fingerprint density at radius 2 is 2.16 bits per heavy atom. The predicted molar refractivity (Wildman–Crippen MR) is 73.5 cm³/mol. The minimum Gasteiger partial charge on any atom is -0.481 e. The first-order valence-corrected chi connectivity index (χ1v) is 6.48. The van der Waals surface area contributed by atoms with Crippen molar-refractivity contribution >= 4 is 11.8 Å². The van der Waals surface area contributed by atoms with Gasteiger partial charge in [-0.3, -0.25) is 9.59 Å². The molecule has 1 unspecified atom stereocenters. The smallest absolute Gasteiger partial charge is 0.306 e. The van der Waals surface area contributed by atoms with Gasteiger partial charge in [-0.25, -0.2) is 4.98 Å². The zero-order valence-corrected chi connectivity index (χ0v) is 11.6. The molecule has 0 saturated heterocycles. The van der Waals surface area contributed by atoms with Crippen LogP contribution in [0.5, 0.6) is 0 Å². The molecule has 0 saturated carbocycles. The maximum atomic E-state index is 11.4. The summed E-state index contributed by atoms with van der Waals surface area (Å²) in [6.45, 7) is 6.20. The van der Waals surface area contributed by atoms with Gasteiger partial charge in [0.15, 0.2) is 0 Å². The van der Waals surface area contributed by atoms with Crippen molar-refractivity contribution in [3.63, 3.8) is 0 Å². The van der Waals surface area contributed by atoms with Gasteiger partial charge in [-0.05, 0) is 12.8 Å². The number of rotatable bonds is 7. The van der Waals surface area contributed by atoms with Crippen molar-refractivity contribution in [1.29, 1.82) is 0 Å². The van der Waals surface area contributed by atoms with Gasteiger partial charge in [-0.1, -0.05) is 20.8 Å². The van der Waals surface area contributed by atoms with Gasteiger partial charge in [-0.15, -0.1) is 0 Å². The van der Waals surface area contributed by atoms with Gasteiger partial charge < -0.3 is 15.4 Å². The average Bonchev–Trinajstić information content (AvgIpc) is 2.33. The molecule has 0 spiro atoms. The van der Waals surface area contributed by atoms with Crippen LogP contribution in [0.3, 0.4) is 0 Å². The lowest BCUT2D eigenvalue weighted by Crippen LogP contribution is -2.16. The van der Waals surface area contributed by atoms with Crippen molar-refractivity contribution in [2.45, 2.75) is 39.5 Å². The highest BCUT2D eigenvalue weighted by Crippen LogP contribution is 2.10. The van der Waals surface area contributed by atoms with Crippen LogP contribution in [0.4, 0.5) is 5.82 Å². The first kappa shape index (κ1) is 15.2. The predicted octanol–water partition coefficient (Wildman–Crippen LogP) is 1.81. The summed E-state index contributed by atoms with van der Waals surface area (Å²) in [5.41, 5.74) is -0.180. The van der Waals surface area contributed by atoms with E-state index in [0.717, 1.165) is 6.42 Å². The van der Waals surface area contributed by atoms with Crippen LogP contribution in [0.15, 0.2) is 10.9 Å². The number of aromatic nitrogens is 2. The third-order valence-electron chi connectivity index (χ3n) is 2.85. The van der Waals surface area contributed by atoms with Gasteiger partial charge in [0.1, 0.15) is 11.6 Å². The van der Waals surface area contributed by atoms with E-state index >= 15 is 0 Å². The highest BCUT2D eigenvalue weighted by atomic mass is 16.4. The van der Waals surface area contributed by atoms with E-state index < -0.39 is 5.97 Å². The third kappa shape index (κ3) is 5.11. The molecule has 106 valence electrons. The number of hydrogen-bond acceptors (Lipinski definition) is 4. The summed E-state index contributed by atoms with van der Waals surface area (Å²) in [5.74, 6) is 0.211. The molecule has 6 heteroatoms. The van der Waals surface area contributed by atoms with Crippen molar-refractivity contribution in [2.75, 3.05) is 11.9 Å². The molecule has 1 aromatic heterocycles. The molecule has 0 bridgehead atoms. The molecule has 0 aliphatic rings. The Balaban J connectivity index is 2.50. The Morgan fingerprint density at radius 3 is 2.74 bits per heavy atom. The van der Waals surface area contributed by atoms with Gasteiger partial charge in [0.2, 0.25) is 0 Å². The largest absolute Gasteiger partial charge is 0.481 e. The zero-order valence-electron chi connectivity index (χ0n) is 11.6. The molecule has 1 aromatic rings. The molecule has 0 aliphatic heterocycles. The summed E-state index contributed by atoms with van der Waals surface area (Å²) in [6, 6.07) is 1.41. The highest BCUT2D eigenvalue weighted by Gasteiger charge is 2.10. The summed E-state index contributed by atoms with van der Waals surface area (Å²) in [7, 11) is 0. The Labute approximate surface area is 112 Å². The number of aliphatic carboxylic acids is 1. The average molecular weight is 267 g/mol. The van der Waals surface area contributed by atoms with Crippen LogP contribution < -0.4 is 10.9 Å². The second-order valence-electron chi connectivity index (χ2n) is 4.98. The Hall–Kier alpha value is -1.85. The number of carbonyl (C=O) groups is 1. The number of nitrogens with zero attached hydrogens (tertiary/aromatic N) is 1. The molecular weight excluding hydrogens is 246 g/mol. The molecule has 3 N–H and O–H groups in total. The summed E-state index contributed by atoms with van der Waals surface area (Å²) in [6.07, 6.45) is 1.32. The molecular formula is C13H21N3O3. The van der Waals surface area contributed by atoms with Crippen LogP contribution in [0, 0.1) is 5.92 Å². The normalized spacial score (nSPS) is 12.4. The van der Waals surface area contributed by atoms with E-state index in [1.165, 1.54) is 6.07 Å². The fourth-order valence-corrected chi connectivity index (χ4v) is 1.59. The number of nitrogens with one attached hydrogen (secondary N) is 2. The molecule has 1 heterocycles. The number of aromatic amines is 1. The second-order valence-corrected chi connectivity index (χ2v) is 4.98. The van der Waals surface area contributed by atoms with Gasteiger partial charge in [0.25, 0.3) is 5.56 Å². The van der Waals surface area contributed by atoms with Crippen molar-refractivity contribution in [3.8, 4) is 0 Å². The van der Waals surface area contributed by atoms with Gasteiger partial charge in [0.05, 0.1) is 5.92 Å². The Morgan fingerprint density at radius 1 is 1.47 bits per heavy atom. The summed E-state index contributed by atoms with van der Waals surface area (Å²) in [5, 5.41) is 11.8. The quantitative estimate of drug-likeness (QED) is 0.655. The van der Waals surface area contributed by atoms with Gasteiger partial charge >= 0.3 is 5.97 Å². The molecule has 0 aromatic carbocycles. The van der Waals surface area contributed by atoms with Crippen molar-refractivity contribution in [1.82, 2.24) is 9.97 Å². The lowest BCUT2D eigenvalue weighted by molar-refractivity contribution is -0.141. The van der Waals surface area contributed by atoms with Crippen LogP contribution in [0.25, 0.3) is 0 Å². The lowest BCUT2D eigenvalue weighted by atomic mass is 10.1. The first-order chi connectivity index (χ1) is 8.90. The molecule has 0 aliphatic carbocycles. The van der Waals surface area contributed by atoms with E-state index in [1.54, 1.807) is 6.92 Å². The van der Waals surface area contributed by atoms with Crippen LogP contribution in [-0.4, -0.2) is 27.6 Å². The maximum absolute atomic E-state index is 11.4. The van der Waals surface area contributed by atoms with E-state index in [-0.39, 0.29) is 17.4 Å². The van der Waals surface area contributed by atoms with Crippen molar-refractivity contribution in [2.24, 2.45) is 5.92 Å². The zero-order chi connectivity index (χ0) is 14.4. The highest BCUT2D eigenvalue weighted by molar-refractivity contribution is 5.69. The van der Waals surface area contributed by atoms with Crippen LogP contribution in [0.2, 0.25) is 0 Å². The Kier molecular flexibility index (Phi) is 5.54. The summed E-state index contributed by atoms with van der Waals surface area (Å²) >= 11 is 0. The minimum absolute atomic E-state index is 0.154. The molecule has 0 radical (unpaired) electrons. The molecule has 0 fully saturated rings. The number of carboxylic acids is 1. The van der Waals surface area contributed by atoms with E-state index in [0.29, 0.717) is 24.6 Å². The third-order valence-corrected chi connectivity index (χ3v) is 2.85. The van der Waals surface area contributed by atoms with Crippen molar-refractivity contribution in [3.05, 3.63) is 22.2 Å².